The molecule has 0 radical (unpaired) electrons. The molecule has 33 heavy (non-hydrogen) atoms. The maximum absolute atomic E-state index is 13.0. The average Bonchev–Trinajstić information content (AvgIpc) is 3.20. The number of nitrogens with zero attached hydrogens (tertiary/aromatic N) is 2. The minimum Gasteiger partial charge on any atom is -0.497 e. The highest BCUT2D eigenvalue weighted by molar-refractivity contribution is 7.89. The molecule has 0 aliphatic carbocycles. The van der Waals surface area contributed by atoms with Gasteiger partial charge in [-0.15, -0.1) is 0 Å². The number of anilines is 1. The Bertz CT molecular complexity index is 1130. The van der Waals surface area contributed by atoms with E-state index in [9.17, 15) is 18.0 Å². The van der Waals surface area contributed by atoms with Gasteiger partial charge in [-0.05, 0) is 55.3 Å². The Kier molecular flexibility index (Phi) is 6.92. The van der Waals surface area contributed by atoms with Gasteiger partial charge < -0.3 is 14.5 Å². The van der Waals surface area contributed by atoms with Crippen LogP contribution in [0.4, 0.5) is 5.69 Å². The molecule has 2 aliphatic heterocycles. The summed E-state index contributed by atoms with van der Waals surface area (Å²) in [5.41, 5.74) is 0.689. The topological polar surface area (TPSA) is 96.0 Å². The van der Waals surface area contributed by atoms with Gasteiger partial charge in [0.2, 0.25) is 21.8 Å². The van der Waals surface area contributed by atoms with Crippen molar-refractivity contribution in [1.29, 1.82) is 0 Å². The lowest BCUT2D eigenvalue weighted by atomic mass is 10.0. The zero-order valence-electron chi connectivity index (χ0n) is 18.2. The van der Waals surface area contributed by atoms with Crippen molar-refractivity contribution in [1.82, 2.24) is 9.62 Å². The molecule has 2 saturated heterocycles. The van der Waals surface area contributed by atoms with Gasteiger partial charge >= 0.3 is 0 Å². The molecule has 2 aromatic rings. The van der Waals surface area contributed by atoms with Crippen molar-refractivity contribution in [3.63, 3.8) is 0 Å². The molecular weight excluding hydrogens is 466 g/mol. The van der Waals surface area contributed by atoms with Crippen LogP contribution in [-0.2, 0) is 19.6 Å². The summed E-state index contributed by atoms with van der Waals surface area (Å²) >= 11 is 6.04. The molecule has 1 N–H and O–H groups in total. The number of likely N-dealkylation sites (tertiary alicyclic amines) is 1. The molecule has 0 aromatic heterocycles. The maximum atomic E-state index is 13.0. The van der Waals surface area contributed by atoms with Gasteiger partial charge in [-0.1, -0.05) is 17.7 Å². The second-order valence-electron chi connectivity index (χ2n) is 8.28. The molecule has 1 atom stereocenters. The van der Waals surface area contributed by atoms with Gasteiger partial charge in [0.1, 0.15) is 5.75 Å². The van der Waals surface area contributed by atoms with E-state index < -0.39 is 15.9 Å². The van der Waals surface area contributed by atoms with Crippen molar-refractivity contribution in [2.75, 3.05) is 31.6 Å². The fourth-order valence-corrected chi connectivity index (χ4v) is 5.77. The standard InChI is InChI=1S/C23H26ClN3O5S/c1-32-20-5-7-21(8-6-20)33(30,31)25-18-9-11-26(12-10-18)23(29)16-13-22(28)27(15-16)19-4-2-3-17(24)14-19/h2-8,14,16,18,25H,9-13,15H2,1H3. The number of methoxy groups -OCH3 is 1. The highest BCUT2D eigenvalue weighted by atomic mass is 35.5. The molecule has 4 rings (SSSR count). The number of carbonyl (C=O) groups excluding carboxylic acids is 2. The fraction of sp³-hybridized carbons (Fsp3) is 0.391. The van der Waals surface area contributed by atoms with Gasteiger partial charge in [0.05, 0.1) is 17.9 Å². The number of hydrogen-bond donors (Lipinski definition) is 1. The molecule has 2 fully saturated rings. The summed E-state index contributed by atoms with van der Waals surface area (Å²) in [7, 11) is -2.14. The largest absolute Gasteiger partial charge is 0.497 e. The minimum atomic E-state index is -3.66. The summed E-state index contributed by atoms with van der Waals surface area (Å²) in [6.45, 7) is 1.20. The highest BCUT2D eigenvalue weighted by Crippen LogP contribution is 2.29. The van der Waals surface area contributed by atoms with Crippen LogP contribution in [0.1, 0.15) is 19.3 Å². The third kappa shape index (κ3) is 5.31. The maximum Gasteiger partial charge on any atom is 0.240 e. The monoisotopic (exact) mass is 491 g/mol. The summed E-state index contributed by atoms with van der Waals surface area (Å²) in [5.74, 6) is 0.00575. The second-order valence-corrected chi connectivity index (χ2v) is 10.4. The summed E-state index contributed by atoms with van der Waals surface area (Å²) in [5, 5.41) is 0.536. The molecule has 176 valence electrons. The lowest BCUT2D eigenvalue weighted by molar-refractivity contribution is -0.136. The van der Waals surface area contributed by atoms with E-state index in [0.717, 1.165) is 0 Å². The minimum absolute atomic E-state index is 0.0654. The van der Waals surface area contributed by atoms with E-state index in [-0.39, 0.29) is 29.2 Å². The Morgan fingerprint density at radius 2 is 1.82 bits per heavy atom. The molecule has 2 aromatic carbocycles. The number of ether oxygens (including phenoxy) is 1. The van der Waals surface area contributed by atoms with E-state index in [0.29, 0.717) is 48.9 Å². The van der Waals surface area contributed by atoms with Crippen LogP contribution in [0.25, 0.3) is 0 Å². The van der Waals surface area contributed by atoms with Crippen LogP contribution < -0.4 is 14.4 Å². The number of hydrogen-bond acceptors (Lipinski definition) is 5. The zero-order chi connectivity index (χ0) is 23.6. The van der Waals surface area contributed by atoms with Gasteiger partial charge in [0.25, 0.3) is 0 Å². The van der Waals surface area contributed by atoms with Crippen molar-refractivity contribution >= 4 is 39.1 Å². The van der Waals surface area contributed by atoms with Crippen molar-refractivity contribution in [2.24, 2.45) is 5.92 Å². The van der Waals surface area contributed by atoms with Crippen LogP contribution in [0.3, 0.4) is 0 Å². The molecule has 2 aliphatic rings. The summed E-state index contributed by atoms with van der Waals surface area (Å²) in [4.78, 5) is 29.0. The number of rotatable bonds is 6. The number of amides is 2. The van der Waals surface area contributed by atoms with Crippen LogP contribution in [-0.4, -0.2) is 57.9 Å². The lowest BCUT2D eigenvalue weighted by Gasteiger charge is -2.33. The molecule has 10 heteroatoms. The molecule has 2 heterocycles. The van der Waals surface area contributed by atoms with Gasteiger partial charge in [-0.2, -0.15) is 0 Å². The molecule has 0 saturated carbocycles. The van der Waals surface area contributed by atoms with Crippen LogP contribution >= 0.6 is 11.6 Å². The Morgan fingerprint density at radius 3 is 2.45 bits per heavy atom. The number of halogens is 1. The quantitative estimate of drug-likeness (QED) is 0.670. The predicted octanol–water partition coefficient (Wildman–Crippen LogP) is 2.67. The van der Waals surface area contributed by atoms with Gasteiger partial charge in [-0.25, -0.2) is 13.1 Å². The first-order valence-electron chi connectivity index (χ1n) is 10.8. The smallest absolute Gasteiger partial charge is 0.240 e. The summed E-state index contributed by atoms with van der Waals surface area (Å²) < 4.78 is 33.1. The van der Waals surface area contributed by atoms with Crippen molar-refractivity contribution in [3.05, 3.63) is 53.6 Å². The number of piperidine rings is 1. The van der Waals surface area contributed by atoms with Gasteiger partial charge in [0, 0.05) is 42.8 Å². The van der Waals surface area contributed by atoms with Crippen molar-refractivity contribution < 1.29 is 22.7 Å². The van der Waals surface area contributed by atoms with Crippen LogP contribution in [0.5, 0.6) is 5.75 Å². The summed E-state index contributed by atoms with van der Waals surface area (Å²) in [6.07, 6.45) is 1.19. The number of benzene rings is 2. The summed E-state index contributed by atoms with van der Waals surface area (Å²) in [6, 6.07) is 13.0. The van der Waals surface area contributed by atoms with E-state index in [4.69, 9.17) is 16.3 Å². The van der Waals surface area contributed by atoms with Gasteiger partial charge in [0.15, 0.2) is 0 Å². The number of nitrogens with one attached hydrogen (secondary N) is 1. The first kappa shape index (κ1) is 23.5. The van der Waals surface area contributed by atoms with E-state index in [2.05, 4.69) is 4.72 Å². The van der Waals surface area contributed by atoms with Gasteiger partial charge in [-0.3, -0.25) is 9.59 Å². The third-order valence-electron chi connectivity index (χ3n) is 6.09. The first-order chi connectivity index (χ1) is 15.8. The Balaban J connectivity index is 1.32. The fourth-order valence-electron chi connectivity index (χ4n) is 4.28. The van der Waals surface area contributed by atoms with Crippen molar-refractivity contribution in [3.8, 4) is 5.75 Å². The van der Waals surface area contributed by atoms with Crippen LogP contribution in [0, 0.1) is 5.92 Å². The molecule has 0 spiro atoms. The van der Waals surface area contributed by atoms with Crippen molar-refractivity contribution in [2.45, 2.75) is 30.2 Å². The molecule has 2 amide bonds. The molecular formula is C23H26ClN3O5S. The lowest BCUT2D eigenvalue weighted by Crippen LogP contribution is -2.48. The second kappa shape index (κ2) is 9.70. The van der Waals surface area contributed by atoms with E-state index in [1.54, 1.807) is 46.2 Å². The average molecular weight is 492 g/mol. The molecule has 1 unspecified atom stereocenters. The predicted molar refractivity (Wildman–Crippen MR) is 125 cm³/mol. The van der Waals surface area contributed by atoms with Crippen LogP contribution in [0.15, 0.2) is 53.4 Å². The molecule has 8 nitrogen and oxygen atoms in total. The SMILES string of the molecule is COc1ccc(S(=O)(=O)NC2CCN(C(=O)C3CC(=O)N(c4cccc(Cl)c4)C3)CC2)cc1. The van der Waals surface area contributed by atoms with Crippen LogP contribution in [0.2, 0.25) is 5.02 Å². The Morgan fingerprint density at radius 1 is 1.12 bits per heavy atom. The highest BCUT2D eigenvalue weighted by Gasteiger charge is 2.38. The normalized spacial score (nSPS) is 19.7. The number of sulfonamides is 1. The first-order valence-corrected chi connectivity index (χ1v) is 12.6. The third-order valence-corrected chi connectivity index (χ3v) is 7.86. The van der Waals surface area contributed by atoms with E-state index in [1.807, 2.05) is 0 Å². The molecule has 0 bridgehead atoms. The Hall–Kier alpha value is -2.62. The number of carbonyl (C=O) groups is 2. The van der Waals surface area contributed by atoms with E-state index in [1.165, 1.54) is 19.2 Å². The Labute approximate surface area is 198 Å². The zero-order valence-corrected chi connectivity index (χ0v) is 19.8. The van der Waals surface area contributed by atoms with E-state index >= 15 is 0 Å².